The predicted octanol–water partition coefficient (Wildman–Crippen LogP) is 5.69. The van der Waals surface area contributed by atoms with Gasteiger partial charge in [-0.2, -0.15) is 0 Å². The van der Waals surface area contributed by atoms with Crippen LogP contribution >= 0.6 is 23.2 Å². The van der Waals surface area contributed by atoms with Gasteiger partial charge >= 0.3 is 0 Å². The maximum absolute atomic E-state index is 12.4. The number of nitrogens with one attached hydrogen (secondary N) is 2. The normalized spacial score (nSPS) is 10.4. The van der Waals surface area contributed by atoms with E-state index in [4.69, 9.17) is 23.2 Å². The minimum absolute atomic E-state index is 0.228. The molecule has 0 radical (unpaired) electrons. The van der Waals surface area contributed by atoms with Gasteiger partial charge in [-0.1, -0.05) is 40.9 Å². The van der Waals surface area contributed by atoms with Gasteiger partial charge in [-0.05, 0) is 43.3 Å². The first kappa shape index (κ1) is 17.3. The molecular formula is C19H15Cl2N3O. The number of aromatic nitrogens is 1. The lowest BCUT2D eigenvalue weighted by molar-refractivity contribution is 0.102. The van der Waals surface area contributed by atoms with Crippen LogP contribution < -0.4 is 10.6 Å². The third kappa shape index (κ3) is 4.50. The quantitative estimate of drug-likeness (QED) is 0.618. The Kier molecular flexibility index (Phi) is 5.22. The van der Waals surface area contributed by atoms with Crippen LogP contribution in [0.15, 0.2) is 60.9 Å². The first-order valence-electron chi connectivity index (χ1n) is 7.56. The molecule has 4 nitrogen and oxygen atoms in total. The highest BCUT2D eigenvalue weighted by molar-refractivity contribution is 6.42. The van der Waals surface area contributed by atoms with Crippen LogP contribution in [-0.4, -0.2) is 10.9 Å². The number of carbonyl (C=O) groups excluding carboxylic acids is 1. The highest BCUT2D eigenvalue weighted by atomic mass is 35.5. The van der Waals surface area contributed by atoms with E-state index in [0.29, 0.717) is 21.3 Å². The minimum Gasteiger partial charge on any atom is -0.354 e. The average molecular weight is 372 g/mol. The zero-order valence-electron chi connectivity index (χ0n) is 13.4. The van der Waals surface area contributed by atoms with Gasteiger partial charge in [0.2, 0.25) is 0 Å². The summed E-state index contributed by atoms with van der Waals surface area (Å²) in [6.07, 6.45) is 3.15. The molecule has 0 bridgehead atoms. The Hall–Kier alpha value is -2.56. The number of amides is 1. The molecule has 0 saturated carbocycles. The molecule has 0 aliphatic rings. The van der Waals surface area contributed by atoms with E-state index >= 15 is 0 Å². The van der Waals surface area contributed by atoms with E-state index < -0.39 is 0 Å². The Bertz CT molecular complexity index is 911. The fraction of sp³-hybridized carbons (Fsp3) is 0.0526. The Morgan fingerprint density at radius 2 is 1.60 bits per heavy atom. The molecule has 2 aromatic carbocycles. The molecule has 1 heterocycles. The van der Waals surface area contributed by atoms with Gasteiger partial charge in [-0.25, -0.2) is 0 Å². The van der Waals surface area contributed by atoms with E-state index in [2.05, 4.69) is 15.6 Å². The summed E-state index contributed by atoms with van der Waals surface area (Å²) in [4.78, 5) is 16.5. The van der Waals surface area contributed by atoms with Gasteiger partial charge in [0.05, 0.1) is 27.5 Å². The molecule has 6 heteroatoms. The molecule has 0 spiro atoms. The fourth-order valence-electron chi connectivity index (χ4n) is 2.21. The van der Waals surface area contributed by atoms with Crippen molar-refractivity contribution in [2.24, 2.45) is 0 Å². The van der Waals surface area contributed by atoms with Gasteiger partial charge in [0, 0.05) is 17.6 Å². The largest absolute Gasteiger partial charge is 0.354 e. The second-order valence-corrected chi connectivity index (χ2v) is 6.35. The molecule has 0 unspecified atom stereocenters. The number of benzene rings is 2. The van der Waals surface area contributed by atoms with Crippen molar-refractivity contribution in [3.8, 4) is 0 Å². The Morgan fingerprint density at radius 3 is 2.32 bits per heavy atom. The van der Waals surface area contributed by atoms with Crippen LogP contribution in [0.2, 0.25) is 10.0 Å². The van der Waals surface area contributed by atoms with Crippen LogP contribution in [0.5, 0.6) is 0 Å². The lowest BCUT2D eigenvalue weighted by Gasteiger charge is -2.09. The van der Waals surface area contributed by atoms with Crippen molar-refractivity contribution in [3.05, 3.63) is 82.1 Å². The average Bonchev–Trinajstić information content (AvgIpc) is 2.60. The fourth-order valence-corrected chi connectivity index (χ4v) is 2.51. The van der Waals surface area contributed by atoms with Crippen molar-refractivity contribution >= 4 is 46.2 Å². The van der Waals surface area contributed by atoms with Gasteiger partial charge in [-0.3, -0.25) is 9.78 Å². The highest BCUT2D eigenvalue weighted by Gasteiger charge is 2.08. The van der Waals surface area contributed by atoms with Gasteiger partial charge in [0.15, 0.2) is 0 Å². The molecule has 0 fully saturated rings. The van der Waals surface area contributed by atoms with Crippen molar-refractivity contribution in [1.82, 2.24) is 4.98 Å². The van der Waals surface area contributed by atoms with Crippen molar-refractivity contribution in [2.75, 3.05) is 10.6 Å². The van der Waals surface area contributed by atoms with Gasteiger partial charge in [0.25, 0.3) is 5.91 Å². The zero-order chi connectivity index (χ0) is 17.8. The van der Waals surface area contributed by atoms with E-state index in [1.165, 1.54) is 6.20 Å². The molecule has 0 saturated heterocycles. The molecule has 126 valence electrons. The second kappa shape index (κ2) is 7.55. The summed E-state index contributed by atoms with van der Waals surface area (Å²) >= 11 is 11.9. The predicted molar refractivity (Wildman–Crippen MR) is 103 cm³/mol. The van der Waals surface area contributed by atoms with Crippen LogP contribution in [0.1, 0.15) is 15.9 Å². The highest BCUT2D eigenvalue weighted by Crippen LogP contribution is 2.27. The maximum Gasteiger partial charge on any atom is 0.257 e. The summed E-state index contributed by atoms with van der Waals surface area (Å²) in [5.74, 6) is -0.228. The zero-order valence-corrected chi connectivity index (χ0v) is 14.9. The Labute approximate surface area is 155 Å². The van der Waals surface area contributed by atoms with E-state index in [-0.39, 0.29) is 5.91 Å². The number of nitrogens with zero attached hydrogens (tertiary/aromatic N) is 1. The van der Waals surface area contributed by atoms with E-state index in [1.807, 2.05) is 31.2 Å². The summed E-state index contributed by atoms with van der Waals surface area (Å²) < 4.78 is 0. The van der Waals surface area contributed by atoms with Crippen LogP contribution in [0, 0.1) is 6.92 Å². The molecule has 3 aromatic rings. The molecule has 0 aliphatic carbocycles. The number of carbonyl (C=O) groups is 1. The van der Waals surface area contributed by atoms with Crippen molar-refractivity contribution in [1.29, 1.82) is 0 Å². The van der Waals surface area contributed by atoms with Gasteiger partial charge < -0.3 is 10.6 Å². The molecule has 0 atom stereocenters. The van der Waals surface area contributed by atoms with Crippen molar-refractivity contribution in [2.45, 2.75) is 6.92 Å². The molecule has 1 aromatic heterocycles. The standard InChI is InChI=1S/C19H15Cl2N3O/c1-12-2-4-14(5-3-12)24-19(25)13-8-16(11-22-10-13)23-15-6-7-17(20)18(21)9-15/h2-11,23H,1H3,(H,24,25). The van der Waals surface area contributed by atoms with Gasteiger partial charge in [-0.15, -0.1) is 0 Å². The van der Waals surface area contributed by atoms with Crippen LogP contribution in [0.3, 0.4) is 0 Å². The smallest absolute Gasteiger partial charge is 0.257 e. The summed E-state index contributed by atoms with van der Waals surface area (Å²) in [7, 11) is 0. The number of halogens is 2. The Balaban J connectivity index is 1.75. The summed E-state index contributed by atoms with van der Waals surface area (Å²) in [5.41, 5.74) is 3.75. The lowest BCUT2D eigenvalue weighted by atomic mass is 10.2. The first-order chi connectivity index (χ1) is 12.0. The number of anilines is 3. The van der Waals surface area contributed by atoms with Crippen LogP contribution in [0.4, 0.5) is 17.1 Å². The van der Waals surface area contributed by atoms with E-state index in [0.717, 1.165) is 16.9 Å². The molecular weight excluding hydrogens is 357 g/mol. The molecule has 25 heavy (non-hydrogen) atoms. The minimum atomic E-state index is -0.228. The number of hydrogen-bond donors (Lipinski definition) is 2. The summed E-state index contributed by atoms with van der Waals surface area (Å²) in [6, 6.07) is 14.5. The maximum atomic E-state index is 12.4. The summed E-state index contributed by atoms with van der Waals surface area (Å²) in [6.45, 7) is 1.99. The van der Waals surface area contributed by atoms with Gasteiger partial charge in [0.1, 0.15) is 0 Å². The SMILES string of the molecule is Cc1ccc(NC(=O)c2cncc(Nc3ccc(Cl)c(Cl)c3)c2)cc1. The van der Waals surface area contributed by atoms with E-state index in [9.17, 15) is 4.79 Å². The molecule has 2 N–H and O–H groups in total. The van der Waals surface area contributed by atoms with Crippen molar-refractivity contribution < 1.29 is 4.79 Å². The van der Waals surface area contributed by atoms with E-state index in [1.54, 1.807) is 30.5 Å². The van der Waals surface area contributed by atoms with Crippen molar-refractivity contribution in [3.63, 3.8) is 0 Å². The first-order valence-corrected chi connectivity index (χ1v) is 8.32. The number of hydrogen-bond acceptors (Lipinski definition) is 3. The monoisotopic (exact) mass is 371 g/mol. The number of pyridine rings is 1. The van der Waals surface area contributed by atoms with Crippen LogP contribution in [0.25, 0.3) is 0 Å². The third-order valence-electron chi connectivity index (χ3n) is 3.52. The Morgan fingerprint density at radius 1 is 0.880 bits per heavy atom. The summed E-state index contributed by atoms with van der Waals surface area (Å²) in [5, 5.41) is 6.94. The second-order valence-electron chi connectivity index (χ2n) is 5.54. The number of rotatable bonds is 4. The molecule has 0 aliphatic heterocycles. The lowest BCUT2D eigenvalue weighted by Crippen LogP contribution is -2.12. The topological polar surface area (TPSA) is 54.0 Å². The van der Waals surface area contributed by atoms with Crippen LogP contribution in [-0.2, 0) is 0 Å². The third-order valence-corrected chi connectivity index (χ3v) is 4.26. The number of aryl methyl sites for hydroxylation is 1. The molecule has 1 amide bonds. The molecule has 3 rings (SSSR count).